The number of carbonyl (C=O) groups excluding carboxylic acids is 1. The summed E-state index contributed by atoms with van der Waals surface area (Å²) in [6.07, 6.45) is 5.93. The zero-order valence-corrected chi connectivity index (χ0v) is 13.3. The summed E-state index contributed by atoms with van der Waals surface area (Å²) in [7, 11) is 4.07. The number of carboxylic acid groups (broad SMARTS) is 1. The van der Waals surface area contributed by atoms with E-state index >= 15 is 0 Å². The van der Waals surface area contributed by atoms with Crippen molar-refractivity contribution in [1.29, 1.82) is 0 Å². The maximum Gasteiger partial charge on any atom is 0.317 e. The molecular formula is C15H29N3O3. The van der Waals surface area contributed by atoms with E-state index in [0.29, 0.717) is 12.6 Å². The number of amides is 2. The summed E-state index contributed by atoms with van der Waals surface area (Å²) in [5.74, 6) is -0.732. The van der Waals surface area contributed by atoms with Gasteiger partial charge in [-0.2, -0.15) is 0 Å². The lowest BCUT2D eigenvalue weighted by atomic mass is 10.1. The monoisotopic (exact) mass is 299 g/mol. The largest absolute Gasteiger partial charge is 0.481 e. The molecular weight excluding hydrogens is 270 g/mol. The second kappa shape index (κ2) is 9.60. The van der Waals surface area contributed by atoms with Crippen molar-refractivity contribution in [3.8, 4) is 0 Å². The van der Waals surface area contributed by atoms with Gasteiger partial charge in [-0.05, 0) is 39.8 Å². The molecule has 1 unspecified atom stereocenters. The van der Waals surface area contributed by atoms with E-state index in [2.05, 4.69) is 10.2 Å². The van der Waals surface area contributed by atoms with Crippen molar-refractivity contribution in [3.63, 3.8) is 0 Å². The van der Waals surface area contributed by atoms with Gasteiger partial charge in [-0.1, -0.05) is 12.8 Å². The van der Waals surface area contributed by atoms with E-state index in [0.717, 1.165) is 51.6 Å². The minimum atomic E-state index is -0.732. The van der Waals surface area contributed by atoms with Crippen LogP contribution in [0.5, 0.6) is 0 Å². The number of hydrogen-bond acceptors (Lipinski definition) is 3. The number of likely N-dealkylation sites (N-methyl/N-ethyl adjacent to an activating group) is 1. The van der Waals surface area contributed by atoms with Crippen molar-refractivity contribution < 1.29 is 14.7 Å². The molecule has 1 saturated heterocycles. The molecule has 1 aliphatic rings. The van der Waals surface area contributed by atoms with Crippen molar-refractivity contribution in [2.24, 2.45) is 0 Å². The van der Waals surface area contributed by atoms with Crippen molar-refractivity contribution in [2.75, 3.05) is 33.7 Å². The summed E-state index contributed by atoms with van der Waals surface area (Å²) in [4.78, 5) is 26.6. The highest BCUT2D eigenvalue weighted by Gasteiger charge is 2.28. The van der Waals surface area contributed by atoms with Gasteiger partial charge in [-0.15, -0.1) is 0 Å². The van der Waals surface area contributed by atoms with Gasteiger partial charge in [0, 0.05) is 32.1 Å². The standard InChI is InChI=1S/C15H29N3O3/c1-17(2)12-13-8-7-11-18(13)15(21)16-10-6-4-3-5-9-14(19)20/h13H,3-12H2,1-2H3,(H,16,21)(H,19,20). The van der Waals surface area contributed by atoms with Gasteiger partial charge < -0.3 is 20.2 Å². The third-order valence-electron chi connectivity index (χ3n) is 3.81. The van der Waals surface area contributed by atoms with Gasteiger partial charge in [0.2, 0.25) is 0 Å². The lowest BCUT2D eigenvalue weighted by Gasteiger charge is -2.27. The van der Waals surface area contributed by atoms with Crippen LogP contribution in [0.3, 0.4) is 0 Å². The fourth-order valence-corrected chi connectivity index (χ4v) is 2.77. The summed E-state index contributed by atoms with van der Waals surface area (Å²) in [5.41, 5.74) is 0. The zero-order chi connectivity index (χ0) is 15.7. The summed E-state index contributed by atoms with van der Waals surface area (Å²) in [6, 6.07) is 0.375. The number of aliphatic carboxylic acids is 1. The Morgan fingerprint density at radius 2 is 1.95 bits per heavy atom. The van der Waals surface area contributed by atoms with Gasteiger partial charge in [0.1, 0.15) is 0 Å². The van der Waals surface area contributed by atoms with Crippen LogP contribution in [0.1, 0.15) is 44.9 Å². The molecule has 2 amide bonds. The number of unbranched alkanes of at least 4 members (excludes halogenated alkanes) is 3. The molecule has 0 spiro atoms. The minimum Gasteiger partial charge on any atom is -0.481 e. The SMILES string of the molecule is CN(C)CC1CCCN1C(=O)NCCCCCCC(=O)O. The zero-order valence-electron chi connectivity index (χ0n) is 13.3. The van der Waals surface area contributed by atoms with E-state index in [4.69, 9.17) is 5.11 Å². The smallest absolute Gasteiger partial charge is 0.317 e. The number of nitrogens with zero attached hydrogens (tertiary/aromatic N) is 2. The van der Waals surface area contributed by atoms with Crippen LogP contribution in [-0.2, 0) is 4.79 Å². The molecule has 1 rings (SSSR count). The summed E-state index contributed by atoms with van der Waals surface area (Å²) < 4.78 is 0. The molecule has 0 bridgehead atoms. The van der Waals surface area contributed by atoms with E-state index in [1.165, 1.54) is 0 Å². The van der Waals surface area contributed by atoms with Gasteiger partial charge in [0.05, 0.1) is 0 Å². The van der Waals surface area contributed by atoms with Gasteiger partial charge >= 0.3 is 12.0 Å². The molecule has 0 aromatic heterocycles. The Kier molecular flexibility index (Phi) is 8.12. The van der Waals surface area contributed by atoms with Gasteiger partial charge in [-0.25, -0.2) is 4.79 Å². The average Bonchev–Trinajstić information content (AvgIpc) is 2.84. The van der Waals surface area contributed by atoms with Crippen LogP contribution in [0.15, 0.2) is 0 Å². The molecule has 0 aromatic rings. The predicted molar refractivity (Wildman–Crippen MR) is 82.4 cm³/mol. The van der Waals surface area contributed by atoms with Crippen molar-refractivity contribution >= 4 is 12.0 Å². The second-order valence-electron chi connectivity index (χ2n) is 6.04. The molecule has 0 aliphatic carbocycles. The highest BCUT2D eigenvalue weighted by Crippen LogP contribution is 2.17. The highest BCUT2D eigenvalue weighted by molar-refractivity contribution is 5.74. The molecule has 0 radical (unpaired) electrons. The van der Waals surface area contributed by atoms with Crippen LogP contribution >= 0.6 is 0 Å². The Hall–Kier alpha value is -1.30. The number of hydrogen-bond donors (Lipinski definition) is 2. The number of carboxylic acids is 1. The molecule has 1 fully saturated rings. The maximum absolute atomic E-state index is 12.1. The highest BCUT2D eigenvalue weighted by atomic mass is 16.4. The first-order valence-corrected chi connectivity index (χ1v) is 7.91. The molecule has 1 atom stereocenters. The van der Waals surface area contributed by atoms with Crippen molar-refractivity contribution in [2.45, 2.75) is 51.0 Å². The topological polar surface area (TPSA) is 72.9 Å². The molecule has 1 heterocycles. The number of rotatable bonds is 9. The van der Waals surface area contributed by atoms with Gasteiger partial charge in [-0.3, -0.25) is 4.79 Å². The van der Waals surface area contributed by atoms with Crippen LogP contribution < -0.4 is 5.32 Å². The Morgan fingerprint density at radius 3 is 2.62 bits per heavy atom. The molecule has 6 heteroatoms. The van der Waals surface area contributed by atoms with E-state index in [1.54, 1.807) is 0 Å². The van der Waals surface area contributed by atoms with Crippen molar-refractivity contribution in [3.05, 3.63) is 0 Å². The Labute approximate surface area is 127 Å². The lowest BCUT2D eigenvalue weighted by molar-refractivity contribution is -0.137. The van der Waals surface area contributed by atoms with E-state index in [9.17, 15) is 9.59 Å². The fourth-order valence-electron chi connectivity index (χ4n) is 2.77. The molecule has 21 heavy (non-hydrogen) atoms. The van der Waals surface area contributed by atoms with Crippen LogP contribution in [0.2, 0.25) is 0 Å². The Balaban J connectivity index is 2.11. The molecule has 6 nitrogen and oxygen atoms in total. The molecule has 1 aliphatic heterocycles. The molecule has 0 aromatic carbocycles. The third kappa shape index (κ3) is 7.32. The first-order valence-electron chi connectivity index (χ1n) is 7.91. The average molecular weight is 299 g/mol. The molecule has 2 N–H and O–H groups in total. The predicted octanol–water partition coefficient (Wildman–Crippen LogP) is 1.76. The first-order chi connectivity index (χ1) is 10.0. The lowest BCUT2D eigenvalue weighted by Crippen LogP contribution is -2.46. The maximum atomic E-state index is 12.1. The van der Waals surface area contributed by atoms with E-state index < -0.39 is 5.97 Å². The third-order valence-corrected chi connectivity index (χ3v) is 3.81. The van der Waals surface area contributed by atoms with E-state index in [-0.39, 0.29) is 12.5 Å². The van der Waals surface area contributed by atoms with E-state index in [1.807, 2.05) is 19.0 Å². The number of urea groups is 1. The Bertz CT molecular complexity index is 334. The Morgan fingerprint density at radius 1 is 1.24 bits per heavy atom. The van der Waals surface area contributed by atoms with Crippen LogP contribution in [-0.4, -0.2) is 66.7 Å². The number of likely N-dealkylation sites (tertiary alicyclic amines) is 1. The summed E-state index contributed by atoms with van der Waals surface area (Å²) >= 11 is 0. The second-order valence-corrected chi connectivity index (χ2v) is 6.04. The van der Waals surface area contributed by atoms with Crippen LogP contribution in [0.4, 0.5) is 4.79 Å². The summed E-state index contributed by atoms with van der Waals surface area (Å²) in [6.45, 7) is 2.45. The quantitative estimate of drug-likeness (QED) is 0.636. The molecule has 122 valence electrons. The molecule has 0 saturated carbocycles. The van der Waals surface area contributed by atoms with Gasteiger partial charge in [0.25, 0.3) is 0 Å². The van der Waals surface area contributed by atoms with Crippen molar-refractivity contribution in [1.82, 2.24) is 15.1 Å². The van der Waals surface area contributed by atoms with Crippen LogP contribution in [0.25, 0.3) is 0 Å². The van der Waals surface area contributed by atoms with Crippen LogP contribution in [0, 0.1) is 0 Å². The fraction of sp³-hybridized carbons (Fsp3) is 0.867. The number of carbonyl (C=O) groups is 2. The van der Waals surface area contributed by atoms with Gasteiger partial charge in [0.15, 0.2) is 0 Å². The summed E-state index contributed by atoms with van der Waals surface area (Å²) in [5, 5.41) is 11.5. The normalized spacial score (nSPS) is 18.2. The first kappa shape index (κ1) is 17.8. The number of nitrogens with one attached hydrogen (secondary N) is 1. The minimum absolute atomic E-state index is 0.0462.